The highest BCUT2D eigenvalue weighted by atomic mass is 19.1. The first-order valence-electron chi connectivity index (χ1n) is 10.3. The molecule has 6 N–H and O–H groups in total. The summed E-state index contributed by atoms with van der Waals surface area (Å²) in [4.78, 5) is 23.8. The third-order valence-electron chi connectivity index (χ3n) is 5.35. The van der Waals surface area contributed by atoms with Gasteiger partial charge in [0.05, 0.1) is 6.04 Å². The lowest BCUT2D eigenvalue weighted by Gasteiger charge is -2.17. The molecule has 0 fully saturated rings. The number of carboxylic acid groups (broad SMARTS) is 1. The van der Waals surface area contributed by atoms with Crippen LogP contribution in [-0.2, 0) is 11.2 Å². The largest absolute Gasteiger partial charge is 0.480 e. The molecule has 9 heteroatoms. The van der Waals surface area contributed by atoms with Crippen molar-refractivity contribution < 1.29 is 14.3 Å². The van der Waals surface area contributed by atoms with Crippen LogP contribution in [-0.4, -0.2) is 32.1 Å². The number of nitrogen functional groups attached to an aromatic ring is 1. The van der Waals surface area contributed by atoms with E-state index in [1.54, 1.807) is 42.5 Å². The van der Waals surface area contributed by atoms with Gasteiger partial charge in [0.25, 0.3) is 0 Å². The van der Waals surface area contributed by atoms with E-state index in [9.17, 15) is 9.18 Å². The zero-order valence-electron chi connectivity index (χ0n) is 17.9. The Kier molecular flexibility index (Phi) is 6.14. The highest BCUT2D eigenvalue weighted by molar-refractivity contribution is 5.87. The summed E-state index contributed by atoms with van der Waals surface area (Å²) in [5.74, 6) is -0.620. The Labute approximate surface area is 189 Å². The maximum Gasteiger partial charge on any atom is 0.320 e. The number of aliphatic carboxylic acids is 1. The number of hydrogen-bond acceptors (Lipinski definition) is 7. The second-order valence-electron chi connectivity index (χ2n) is 7.73. The number of anilines is 2. The molecule has 0 saturated carbocycles. The van der Waals surface area contributed by atoms with Crippen LogP contribution in [0.25, 0.3) is 22.2 Å². The Morgan fingerprint density at radius 1 is 1.03 bits per heavy atom. The Morgan fingerprint density at radius 3 is 2.42 bits per heavy atom. The summed E-state index contributed by atoms with van der Waals surface area (Å²) in [6.07, 6.45) is 0.213. The highest BCUT2D eigenvalue weighted by Crippen LogP contribution is 2.28. The monoisotopic (exact) mass is 446 g/mol. The third kappa shape index (κ3) is 4.88. The van der Waals surface area contributed by atoms with E-state index >= 15 is 0 Å². The lowest BCUT2D eigenvalue weighted by Crippen LogP contribution is -2.32. The minimum Gasteiger partial charge on any atom is -0.480 e. The van der Waals surface area contributed by atoms with Crippen molar-refractivity contribution in [3.05, 3.63) is 77.6 Å². The second kappa shape index (κ2) is 9.17. The number of carboxylic acids is 1. The van der Waals surface area contributed by atoms with E-state index < -0.39 is 12.0 Å². The third-order valence-corrected chi connectivity index (χ3v) is 5.35. The smallest absolute Gasteiger partial charge is 0.320 e. The van der Waals surface area contributed by atoms with Gasteiger partial charge in [0.2, 0.25) is 11.9 Å². The molecule has 4 aromatic rings. The summed E-state index contributed by atoms with van der Waals surface area (Å²) < 4.78 is 14.2. The van der Waals surface area contributed by atoms with Crippen molar-refractivity contribution in [3.8, 4) is 11.4 Å². The van der Waals surface area contributed by atoms with Crippen LogP contribution >= 0.6 is 0 Å². The van der Waals surface area contributed by atoms with Gasteiger partial charge < -0.3 is 21.9 Å². The molecular formula is C24H23FN6O2. The van der Waals surface area contributed by atoms with Gasteiger partial charge in [-0.2, -0.15) is 15.0 Å². The predicted octanol–water partition coefficient (Wildman–Crippen LogP) is 3.54. The fraction of sp³-hybridized carbons (Fsp3) is 0.167. The Hall–Kier alpha value is -4.11. The van der Waals surface area contributed by atoms with Gasteiger partial charge in [-0.05, 0) is 35.9 Å². The molecule has 2 atom stereocenters. The zero-order valence-corrected chi connectivity index (χ0v) is 17.9. The first-order chi connectivity index (χ1) is 15.8. The molecule has 0 aliphatic heterocycles. The SMILES string of the molecule is CC(Nc1nc(N)nc(-c2ccc(CC(N)C(=O)O)cc2)n1)c1ccc(F)c2ccccc12. The molecule has 0 radical (unpaired) electrons. The number of aromatic nitrogens is 3. The molecule has 1 aromatic heterocycles. The summed E-state index contributed by atoms with van der Waals surface area (Å²) in [5.41, 5.74) is 13.9. The van der Waals surface area contributed by atoms with Crippen molar-refractivity contribution in [3.63, 3.8) is 0 Å². The Balaban J connectivity index is 1.58. The number of fused-ring (bicyclic) bond motifs is 1. The van der Waals surface area contributed by atoms with Crippen LogP contribution in [0.4, 0.5) is 16.3 Å². The molecule has 33 heavy (non-hydrogen) atoms. The van der Waals surface area contributed by atoms with E-state index in [0.717, 1.165) is 16.5 Å². The predicted molar refractivity (Wildman–Crippen MR) is 125 cm³/mol. The summed E-state index contributed by atoms with van der Waals surface area (Å²) in [6, 6.07) is 16.4. The lowest BCUT2D eigenvalue weighted by atomic mass is 9.99. The molecular weight excluding hydrogens is 423 g/mol. The van der Waals surface area contributed by atoms with E-state index in [2.05, 4.69) is 20.3 Å². The molecule has 0 spiro atoms. The first-order valence-corrected chi connectivity index (χ1v) is 10.3. The van der Waals surface area contributed by atoms with E-state index in [1.165, 1.54) is 6.07 Å². The quantitative estimate of drug-likeness (QED) is 0.338. The number of nitrogens with one attached hydrogen (secondary N) is 1. The molecule has 4 rings (SSSR count). The summed E-state index contributed by atoms with van der Waals surface area (Å²) in [5, 5.41) is 13.5. The summed E-state index contributed by atoms with van der Waals surface area (Å²) in [7, 11) is 0. The van der Waals surface area contributed by atoms with Gasteiger partial charge in [-0.15, -0.1) is 0 Å². The maximum atomic E-state index is 14.2. The zero-order chi connectivity index (χ0) is 23.5. The van der Waals surface area contributed by atoms with E-state index in [-0.39, 0.29) is 30.2 Å². The standard InChI is InChI=1S/C24H23FN6O2/c1-13(16-10-11-19(25)18-5-3-2-4-17(16)18)28-24-30-21(29-23(27)31-24)15-8-6-14(7-9-15)12-20(26)22(32)33/h2-11,13,20H,12,26H2,1H3,(H,32,33)(H3,27,28,29,30,31). The second-order valence-corrected chi connectivity index (χ2v) is 7.73. The van der Waals surface area contributed by atoms with Crippen LogP contribution in [0.1, 0.15) is 24.1 Å². The summed E-state index contributed by atoms with van der Waals surface area (Å²) >= 11 is 0. The number of benzene rings is 3. The van der Waals surface area contributed by atoms with Gasteiger partial charge in [0, 0.05) is 10.9 Å². The van der Waals surface area contributed by atoms with E-state index in [0.29, 0.717) is 16.8 Å². The Bertz CT molecular complexity index is 1310. The van der Waals surface area contributed by atoms with Gasteiger partial charge in [0.15, 0.2) is 5.82 Å². The topological polar surface area (TPSA) is 140 Å². The maximum absolute atomic E-state index is 14.2. The molecule has 0 amide bonds. The van der Waals surface area contributed by atoms with Crippen molar-refractivity contribution in [1.29, 1.82) is 0 Å². The van der Waals surface area contributed by atoms with Crippen LogP contribution in [0.3, 0.4) is 0 Å². The number of halogens is 1. The molecule has 0 aliphatic rings. The highest BCUT2D eigenvalue weighted by Gasteiger charge is 2.15. The van der Waals surface area contributed by atoms with Crippen molar-refractivity contribution in [2.45, 2.75) is 25.4 Å². The van der Waals surface area contributed by atoms with E-state index in [4.69, 9.17) is 16.6 Å². The summed E-state index contributed by atoms with van der Waals surface area (Å²) in [6.45, 7) is 1.93. The Morgan fingerprint density at radius 2 is 1.73 bits per heavy atom. The number of nitrogens with two attached hydrogens (primary N) is 2. The van der Waals surface area contributed by atoms with Crippen LogP contribution in [0, 0.1) is 5.82 Å². The van der Waals surface area contributed by atoms with Gasteiger partial charge in [-0.25, -0.2) is 4.39 Å². The molecule has 0 aliphatic carbocycles. The lowest BCUT2D eigenvalue weighted by molar-refractivity contribution is -0.138. The van der Waals surface area contributed by atoms with Crippen molar-refractivity contribution in [2.75, 3.05) is 11.1 Å². The number of rotatable bonds is 7. The molecule has 0 saturated heterocycles. The minimum absolute atomic E-state index is 0.0515. The number of nitrogens with zero attached hydrogens (tertiary/aromatic N) is 3. The fourth-order valence-corrected chi connectivity index (χ4v) is 3.65. The molecule has 2 unspecified atom stereocenters. The van der Waals surface area contributed by atoms with Crippen molar-refractivity contribution in [2.24, 2.45) is 5.73 Å². The van der Waals surface area contributed by atoms with Gasteiger partial charge >= 0.3 is 5.97 Å². The van der Waals surface area contributed by atoms with Crippen molar-refractivity contribution in [1.82, 2.24) is 15.0 Å². The van der Waals surface area contributed by atoms with Crippen molar-refractivity contribution >= 4 is 28.6 Å². The molecule has 8 nitrogen and oxygen atoms in total. The average Bonchev–Trinajstić information content (AvgIpc) is 2.79. The first kappa shape index (κ1) is 22.1. The van der Waals surface area contributed by atoms with Gasteiger partial charge in [0.1, 0.15) is 11.9 Å². The average molecular weight is 446 g/mol. The van der Waals surface area contributed by atoms with E-state index in [1.807, 2.05) is 19.1 Å². The number of carbonyl (C=O) groups is 1. The van der Waals surface area contributed by atoms with Gasteiger partial charge in [-0.1, -0.05) is 54.6 Å². The molecule has 3 aromatic carbocycles. The van der Waals surface area contributed by atoms with Crippen LogP contribution < -0.4 is 16.8 Å². The minimum atomic E-state index is -1.05. The van der Waals surface area contributed by atoms with Crippen LogP contribution in [0.15, 0.2) is 60.7 Å². The van der Waals surface area contributed by atoms with Gasteiger partial charge in [-0.3, -0.25) is 4.79 Å². The molecule has 0 bridgehead atoms. The fourth-order valence-electron chi connectivity index (χ4n) is 3.65. The molecule has 1 heterocycles. The van der Waals surface area contributed by atoms with Crippen LogP contribution in [0.2, 0.25) is 0 Å². The normalized spacial score (nSPS) is 12.9. The number of hydrogen-bond donors (Lipinski definition) is 4. The molecule has 168 valence electrons. The van der Waals surface area contributed by atoms with Crippen LogP contribution in [0.5, 0.6) is 0 Å².